The van der Waals surface area contributed by atoms with Gasteiger partial charge < -0.3 is 14.2 Å². The van der Waals surface area contributed by atoms with Crippen LogP contribution in [0.3, 0.4) is 0 Å². The van der Waals surface area contributed by atoms with Crippen LogP contribution >= 0.6 is 15.9 Å². The van der Waals surface area contributed by atoms with Crippen LogP contribution in [0.5, 0.6) is 5.75 Å². The SMILES string of the molecule is COC(=O)C1C(=O)Oc2ccc(Br)cc2C1C1CCOC1=O. The second kappa shape index (κ2) is 5.72. The summed E-state index contributed by atoms with van der Waals surface area (Å²) in [5.41, 5.74) is 0.633. The smallest absolute Gasteiger partial charge is 0.326 e. The fourth-order valence-electron chi connectivity index (χ4n) is 3.03. The maximum Gasteiger partial charge on any atom is 0.326 e. The number of esters is 3. The number of hydrogen-bond acceptors (Lipinski definition) is 6. The van der Waals surface area contributed by atoms with Crippen LogP contribution in [0.15, 0.2) is 22.7 Å². The van der Waals surface area contributed by atoms with E-state index in [0.29, 0.717) is 17.7 Å². The van der Waals surface area contributed by atoms with Gasteiger partial charge in [-0.05, 0) is 24.6 Å². The molecule has 1 aromatic carbocycles. The lowest BCUT2D eigenvalue weighted by atomic mass is 9.74. The normalized spacial score (nSPS) is 26.9. The number of hydrogen-bond donors (Lipinski definition) is 0. The minimum absolute atomic E-state index is 0.284. The number of carbonyl (C=O) groups excluding carboxylic acids is 3. The van der Waals surface area contributed by atoms with E-state index in [4.69, 9.17) is 14.2 Å². The molecule has 2 heterocycles. The van der Waals surface area contributed by atoms with E-state index in [1.165, 1.54) is 7.11 Å². The summed E-state index contributed by atoms with van der Waals surface area (Å²) in [6, 6.07) is 5.13. The second-order valence-electron chi connectivity index (χ2n) is 5.19. The number of ether oxygens (including phenoxy) is 3. The second-order valence-corrected chi connectivity index (χ2v) is 6.11. The largest absolute Gasteiger partial charge is 0.468 e. The summed E-state index contributed by atoms with van der Waals surface area (Å²) in [5, 5.41) is 0. The van der Waals surface area contributed by atoms with E-state index in [2.05, 4.69) is 15.9 Å². The zero-order chi connectivity index (χ0) is 15.9. The van der Waals surface area contributed by atoms with Crippen LogP contribution in [0.1, 0.15) is 17.9 Å². The molecule has 22 heavy (non-hydrogen) atoms. The third-order valence-electron chi connectivity index (χ3n) is 4.02. The van der Waals surface area contributed by atoms with Gasteiger partial charge in [0.05, 0.1) is 19.6 Å². The number of cyclic esters (lactones) is 1. The van der Waals surface area contributed by atoms with Gasteiger partial charge >= 0.3 is 17.9 Å². The van der Waals surface area contributed by atoms with Crippen LogP contribution in [0.25, 0.3) is 0 Å². The fraction of sp³-hybridized carbons (Fsp3) is 0.400. The van der Waals surface area contributed by atoms with Crippen molar-refractivity contribution in [3.05, 3.63) is 28.2 Å². The van der Waals surface area contributed by atoms with Crippen LogP contribution in [0.4, 0.5) is 0 Å². The molecule has 1 aromatic rings. The van der Waals surface area contributed by atoms with Crippen molar-refractivity contribution in [2.24, 2.45) is 11.8 Å². The van der Waals surface area contributed by atoms with Crippen molar-refractivity contribution in [3.8, 4) is 5.75 Å². The van der Waals surface area contributed by atoms with Crippen LogP contribution in [-0.4, -0.2) is 31.6 Å². The Bertz CT molecular complexity index is 655. The Morgan fingerprint density at radius 1 is 1.32 bits per heavy atom. The lowest BCUT2D eigenvalue weighted by Crippen LogP contribution is -2.41. The minimum Gasteiger partial charge on any atom is -0.468 e. The van der Waals surface area contributed by atoms with Crippen LogP contribution in [-0.2, 0) is 23.9 Å². The van der Waals surface area contributed by atoms with Crippen LogP contribution < -0.4 is 4.74 Å². The molecule has 1 saturated heterocycles. The van der Waals surface area contributed by atoms with E-state index in [0.717, 1.165) is 4.47 Å². The third kappa shape index (κ3) is 2.39. The number of halogens is 1. The van der Waals surface area contributed by atoms with Crippen molar-refractivity contribution in [1.82, 2.24) is 0 Å². The molecule has 0 spiro atoms. The summed E-state index contributed by atoms with van der Waals surface area (Å²) >= 11 is 3.36. The van der Waals surface area contributed by atoms with E-state index in [9.17, 15) is 14.4 Å². The summed E-state index contributed by atoms with van der Waals surface area (Å²) < 4.78 is 15.7. The molecule has 0 bridgehead atoms. The van der Waals surface area contributed by atoms with E-state index >= 15 is 0 Å². The number of fused-ring (bicyclic) bond motifs is 1. The maximum atomic E-state index is 12.2. The van der Waals surface area contributed by atoms with Crippen molar-refractivity contribution in [2.75, 3.05) is 13.7 Å². The molecule has 116 valence electrons. The first-order valence-corrected chi connectivity index (χ1v) is 7.58. The average Bonchev–Trinajstić information content (AvgIpc) is 2.91. The van der Waals surface area contributed by atoms with E-state index in [1.807, 2.05) is 0 Å². The highest BCUT2D eigenvalue weighted by Crippen LogP contribution is 2.46. The molecule has 0 aromatic heterocycles. The Morgan fingerprint density at radius 3 is 2.73 bits per heavy atom. The first-order chi connectivity index (χ1) is 10.5. The number of rotatable bonds is 2. The van der Waals surface area contributed by atoms with E-state index in [-0.39, 0.29) is 6.61 Å². The molecule has 1 fully saturated rings. The van der Waals surface area contributed by atoms with Gasteiger partial charge in [0.15, 0.2) is 5.92 Å². The Kier molecular flexibility index (Phi) is 3.90. The number of methoxy groups -OCH3 is 1. The van der Waals surface area contributed by atoms with Crippen molar-refractivity contribution in [2.45, 2.75) is 12.3 Å². The molecule has 3 unspecified atom stereocenters. The maximum absolute atomic E-state index is 12.2. The zero-order valence-electron chi connectivity index (χ0n) is 11.7. The first kappa shape index (κ1) is 15.0. The predicted molar refractivity (Wildman–Crippen MR) is 77.1 cm³/mol. The molecular formula is C15H13BrO6. The van der Waals surface area contributed by atoms with Gasteiger partial charge in [-0.15, -0.1) is 0 Å². The highest BCUT2D eigenvalue weighted by atomic mass is 79.9. The monoisotopic (exact) mass is 368 g/mol. The molecular weight excluding hydrogens is 356 g/mol. The Morgan fingerprint density at radius 2 is 2.09 bits per heavy atom. The van der Waals surface area contributed by atoms with Crippen LogP contribution in [0.2, 0.25) is 0 Å². The summed E-state index contributed by atoms with van der Waals surface area (Å²) in [6.07, 6.45) is 0.455. The number of carbonyl (C=O) groups is 3. The zero-order valence-corrected chi connectivity index (χ0v) is 13.3. The van der Waals surface area contributed by atoms with Gasteiger partial charge in [-0.2, -0.15) is 0 Å². The Labute approximate surface area is 134 Å². The lowest BCUT2D eigenvalue weighted by Gasteiger charge is -2.32. The van der Waals surface area contributed by atoms with Gasteiger partial charge in [0.1, 0.15) is 5.75 Å². The van der Waals surface area contributed by atoms with Crippen molar-refractivity contribution in [1.29, 1.82) is 0 Å². The van der Waals surface area contributed by atoms with Gasteiger partial charge in [0.25, 0.3) is 0 Å². The molecule has 6 nitrogen and oxygen atoms in total. The highest BCUT2D eigenvalue weighted by molar-refractivity contribution is 9.10. The number of benzene rings is 1. The molecule has 0 radical (unpaired) electrons. The molecule has 3 atom stereocenters. The lowest BCUT2D eigenvalue weighted by molar-refractivity contribution is -0.159. The van der Waals surface area contributed by atoms with Gasteiger partial charge in [-0.3, -0.25) is 14.4 Å². The predicted octanol–water partition coefficient (Wildman–Crippen LogP) is 1.80. The van der Waals surface area contributed by atoms with E-state index < -0.39 is 35.7 Å². The molecule has 0 saturated carbocycles. The first-order valence-electron chi connectivity index (χ1n) is 6.78. The molecule has 0 amide bonds. The third-order valence-corrected chi connectivity index (χ3v) is 4.51. The summed E-state index contributed by atoms with van der Waals surface area (Å²) in [5.74, 6) is -3.83. The molecule has 2 aliphatic rings. The molecule has 2 aliphatic heterocycles. The fourth-order valence-corrected chi connectivity index (χ4v) is 3.41. The highest BCUT2D eigenvalue weighted by Gasteiger charge is 2.50. The van der Waals surface area contributed by atoms with E-state index in [1.54, 1.807) is 18.2 Å². The molecule has 0 N–H and O–H groups in total. The van der Waals surface area contributed by atoms with Crippen molar-refractivity contribution in [3.63, 3.8) is 0 Å². The van der Waals surface area contributed by atoms with Gasteiger partial charge in [-0.1, -0.05) is 15.9 Å². The van der Waals surface area contributed by atoms with Gasteiger partial charge in [0.2, 0.25) is 0 Å². The van der Waals surface area contributed by atoms with Gasteiger partial charge in [0, 0.05) is 16.0 Å². The Hall–Kier alpha value is -1.89. The van der Waals surface area contributed by atoms with Gasteiger partial charge in [-0.25, -0.2) is 0 Å². The topological polar surface area (TPSA) is 78.9 Å². The molecule has 7 heteroatoms. The van der Waals surface area contributed by atoms with Crippen molar-refractivity contribution >= 4 is 33.8 Å². The summed E-state index contributed by atoms with van der Waals surface area (Å²) in [6.45, 7) is 0.284. The summed E-state index contributed by atoms with van der Waals surface area (Å²) in [4.78, 5) is 36.3. The average molecular weight is 369 g/mol. The molecule has 0 aliphatic carbocycles. The Balaban J connectivity index is 2.13. The van der Waals surface area contributed by atoms with Crippen molar-refractivity contribution < 1.29 is 28.6 Å². The summed E-state index contributed by atoms with van der Waals surface area (Å²) in [7, 11) is 1.20. The standard InChI is InChI=1S/C15H13BrO6/c1-20-14(18)12-11(8-4-5-21-13(8)17)9-6-7(16)2-3-10(9)22-15(12)19/h2-3,6,8,11-12H,4-5H2,1H3. The quantitative estimate of drug-likeness (QED) is 0.450. The van der Waals surface area contributed by atoms with Crippen LogP contribution in [0, 0.1) is 11.8 Å². The molecule has 3 rings (SSSR count). The minimum atomic E-state index is -1.16.